The molecule has 1 atom stereocenters. The number of nitrogens with zero attached hydrogens (tertiary/aromatic N) is 2. The summed E-state index contributed by atoms with van der Waals surface area (Å²) < 4.78 is 0.871. The van der Waals surface area contributed by atoms with Gasteiger partial charge in [0.15, 0.2) is 0 Å². The normalized spacial score (nSPS) is 12.8. The molecule has 19 heavy (non-hydrogen) atoms. The molecule has 1 N–H and O–H groups in total. The van der Waals surface area contributed by atoms with Gasteiger partial charge in [0.2, 0.25) is 0 Å². The predicted octanol–water partition coefficient (Wildman–Crippen LogP) is 3.20. The first-order chi connectivity index (χ1) is 8.81. The monoisotopic (exact) mass is 377 g/mol. The van der Waals surface area contributed by atoms with Crippen molar-refractivity contribution >= 4 is 34.0 Å². The van der Waals surface area contributed by atoms with Gasteiger partial charge in [-0.05, 0) is 48.7 Å². The van der Waals surface area contributed by atoms with Gasteiger partial charge in [-0.25, -0.2) is 0 Å². The Balaban J connectivity index is 2.88. The van der Waals surface area contributed by atoms with Crippen LogP contribution in [0, 0.1) is 19.6 Å². The number of halogens is 1. The van der Waals surface area contributed by atoms with Gasteiger partial charge in [0.25, 0.3) is 5.69 Å². The summed E-state index contributed by atoms with van der Waals surface area (Å²) in [5, 5.41) is 14.2. The number of nitro groups is 1. The third kappa shape index (κ3) is 4.94. The Kier molecular flexibility index (Phi) is 5.99. The van der Waals surface area contributed by atoms with E-state index in [2.05, 4.69) is 46.7 Å². The number of likely N-dealkylation sites (N-methyl/N-ethyl adjacent to an activating group) is 1. The van der Waals surface area contributed by atoms with E-state index >= 15 is 0 Å². The lowest BCUT2D eigenvalue weighted by molar-refractivity contribution is -0.384. The molecule has 106 valence electrons. The first kappa shape index (κ1) is 16.2. The summed E-state index contributed by atoms with van der Waals surface area (Å²) in [5.74, 6) is 0.480. The van der Waals surface area contributed by atoms with Crippen LogP contribution in [0.3, 0.4) is 0 Å². The molecule has 0 saturated heterocycles. The van der Waals surface area contributed by atoms with E-state index in [1.807, 2.05) is 14.1 Å². The second-order valence-corrected chi connectivity index (χ2v) is 6.34. The standard InChI is InChI=1S/C13H20IN3O2/c1-9(2)13(8-16(3)4)15-12-6-5-10(17(18)19)7-11(12)14/h5-7,9,13,15H,8H2,1-4H3. The number of anilines is 1. The molecule has 0 fully saturated rings. The molecule has 0 heterocycles. The molecular weight excluding hydrogens is 357 g/mol. The van der Waals surface area contributed by atoms with Crippen LogP contribution in [0.15, 0.2) is 18.2 Å². The minimum absolute atomic E-state index is 0.128. The average Bonchev–Trinajstić information content (AvgIpc) is 2.29. The summed E-state index contributed by atoms with van der Waals surface area (Å²) in [5.41, 5.74) is 1.08. The van der Waals surface area contributed by atoms with Crippen molar-refractivity contribution in [3.8, 4) is 0 Å². The highest BCUT2D eigenvalue weighted by Crippen LogP contribution is 2.25. The van der Waals surface area contributed by atoms with Crippen LogP contribution in [-0.4, -0.2) is 36.5 Å². The van der Waals surface area contributed by atoms with Gasteiger partial charge in [-0.2, -0.15) is 0 Å². The van der Waals surface area contributed by atoms with Crippen LogP contribution in [0.2, 0.25) is 0 Å². The number of nitro benzene ring substituents is 1. The van der Waals surface area contributed by atoms with E-state index in [1.54, 1.807) is 12.1 Å². The summed E-state index contributed by atoms with van der Waals surface area (Å²) in [6.45, 7) is 5.25. The maximum absolute atomic E-state index is 10.7. The molecule has 0 radical (unpaired) electrons. The molecule has 0 saturated carbocycles. The fourth-order valence-corrected chi connectivity index (χ4v) is 2.41. The molecule has 0 bridgehead atoms. The van der Waals surface area contributed by atoms with Gasteiger partial charge in [-0.15, -0.1) is 0 Å². The number of nitrogens with one attached hydrogen (secondary N) is 1. The largest absolute Gasteiger partial charge is 0.380 e. The van der Waals surface area contributed by atoms with E-state index in [0.29, 0.717) is 12.0 Å². The highest BCUT2D eigenvalue weighted by Gasteiger charge is 2.16. The van der Waals surface area contributed by atoms with E-state index in [9.17, 15) is 10.1 Å². The van der Waals surface area contributed by atoms with Crippen LogP contribution in [0.5, 0.6) is 0 Å². The van der Waals surface area contributed by atoms with Crippen LogP contribution < -0.4 is 5.32 Å². The molecule has 1 rings (SSSR count). The summed E-state index contributed by atoms with van der Waals surface area (Å²) in [4.78, 5) is 12.5. The van der Waals surface area contributed by atoms with Crippen molar-refractivity contribution < 1.29 is 4.92 Å². The Labute approximate surface area is 127 Å². The molecule has 0 aliphatic rings. The Morgan fingerprint density at radius 3 is 2.47 bits per heavy atom. The third-order valence-electron chi connectivity index (χ3n) is 2.87. The molecule has 5 nitrogen and oxygen atoms in total. The number of benzene rings is 1. The Morgan fingerprint density at radius 2 is 2.05 bits per heavy atom. The van der Waals surface area contributed by atoms with E-state index in [1.165, 1.54) is 6.07 Å². The lowest BCUT2D eigenvalue weighted by atomic mass is 10.0. The van der Waals surface area contributed by atoms with Gasteiger partial charge in [0.05, 0.1) is 4.92 Å². The third-order valence-corrected chi connectivity index (χ3v) is 3.76. The van der Waals surface area contributed by atoms with Crippen LogP contribution in [0.1, 0.15) is 13.8 Å². The molecule has 6 heteroatoms. The van der Waals surface area contributed by atoms with E-state index < -0.39 is 0 Å². The fraction of sp³-hybridized carbons (Fsp3) is 0.538. The molecule has 0 aromatic heterocycles. The minimum atomic E-state index is -0.369. The van der Waals surface area contributed by atoms with Crippen molar-refractivity contribution in [3.05, 3.63) is 31.9 Å². The Morgan fingerprint density at radius 1 is 1.42 bits per heavy atom. The lowest BCUT2D eigenvalue weighted by Crippen LogP contribution is -2.36. The van der Waals surface area contributed by atoms with Gasteiger partial charge in [-0.3, -0.25) is 10.1 Å². The molecule has 0 amide bonds. The SMILES string of the molecule is CC(C)C(CN(C)C)Nc1ccc([N+](=O)[O-])cc1I. The van der Waals surface area contributed by atoms with Crippen molar-refractivity contribution in [2.75, 3.05) is 26.0 Å². The summed E-state index contributed by atoms with van der Waals surface area (Å²) in [6, 6.07) is 5.23. The number of non-ortho nitro benzene ring substituents is 1. The van der Waals surface area contributed by atoms with Crippen LogP contribution in [0.25, 0.3) is 0 Å². The second kappa shape index (κ2) is 7.04. The highest BCUT2D eigenvalue weighted by molar-refractivity contribution is 14.1. The summed E-state index contributed by atoms with van der Waals surface area (Å²) in [6.07, 6.45) is 0. The van der Waals surface area contributed by atoms with Crippen molar-refractivity contribution in [3.63, 3.8) is 0 Å². The number of rotatable bonds is 6. The fourth-order valence-electron chi connectivity index (χ4n) is 1.75. The van der Waals surface area contributed by atoms with E-state index in [-0.39, 0.29) is 10.6 Å². The summed E-state index contributed by atoms with van der Waals surface area (Å²) in [7, 11) is 4.08. The molecular formula is C13H20IN3O2. The zero-order valence-corrected chi connectivity index (χ0v) is 13.8. The Hall–Kier alpha value is -0.890. The second-order valence-electron chi connectivity index (χ2n) is 5.18. The van der Waals surface area contributed by atoms with E-state index in [0.717, 1.165) is 15.8 Å². The quantitative estimate of drug-likeness (QED) is 0.470. The summed E-state index contributed by atoms with van der Waals surface area (Å²) >= 11 is 2.13. The smallest absolute Gasteiger partial charge is 0.270 e. The van der Waals surface area contributed by atoms with Crippen LogP contribution >= 0.6 is 22.6 Å². The molecule has 1 unspecified atom stereocenters. The molecule has 0 aliphatic carbocycles. The average molecular weight is 377 g/mol. The van der Waals surface area contributed by atoms with Crippen LogP contribution in [0.4, 0.5) is 11.4 Å². The zero-order valence-electron chi connectivity index (χ0n) is 11.7. The van der Waals surface area contributed by atoms with Gasteiger partial charge in [-0.1, -0.05) is 13.8 Å². The minimum Gasteiger partial charge on any atom is -0.380 e. The van der Waals surface area contributed by atoms with Gasteiger partial charge in [0, 0.05) is 34.0 Å². The lowest BCUT2D eigenvalue weighted by Gasteiger charge is -2.27. The Bertz CT molecular complexity index is 450. The molecule has 0 spiro atoms. The molecule has 0 aliphatic heterocycles. The first-order valence-electron chi connectivity index (χ1n) is 6.16. The molecule has 1 aromatic rings. The maximum Gasteiger partial charge on any atom is 0.270 e. The van der Waals surface area contributed by atoms with Gasteiger partial charge < -0.3 is 10.2 Å². The van der Waals surface area contributed by atoms with E-state index in [4.69, 9.17) is 0 Å². The topological polar surface area (TPSA) is 58.4 Å². The van der Waals surface area contributed by atoms with Crippen molar-refractivity contribution in [2.24, 2.45) is 5.92 Å². The predicted molar refractivity (Wildman–Crippen MR) is 86.6 cm³/mol. The van der Waals surface area contributed by atoms with Crippen LogP contribution in [-0.2, 0) is 0 Å². The van der Waals surface area contributed by atoms with Crippen molar-refractivity contribution in [1.82, 2.24) is 4.90 Å². The maximum atomic E-state index is 10.7. The zero-order chi connectivity index (χ0) is 14.6. The van der Waals surface area contributed by atoms with Gasteiger partial charge in [0.1, 0.15) is 0 Å². The number of hydrogen-bond acceptors (Lipinski definition) is 4. The number of hydrogen-bond donors (Lipinski definition) is 1. The van der Waals surface area contributed by atoms with Gasteiger partial charge >= 0.3 is 0 Å². The van der Waals surface area contributed by atoms with Crippen molar-refractivity contribution in [2.45, 2.75) is 19.9 Å². The highest BCUT2D eigenvalue weighted by atomic mass is 127. The first-order valence-corrected chi connectivity index (χ1v) is 7.24. The molecule has 1 aromatic carbocycles. The van der Waals surface area contributed by atoms with Crippen molar-refractivity contribution in [1.29, 1.82) is 0 Å².